The first-order valence-electron chi connectivity index (χ1n) is 5.73. The van der Waals surface area contributed by atoms with E-state index in [9.17, 15) is 4.79 Å². The van der Waals surface area contributed by atoms with Gasteiger partial charge in [-0.05, 0) is 42.1 Å². The summed E-state index contributed by atoms with van der Waals surface area (Å²) in [5.74, 6) is 0.709. The lowest BCUT2D eigenvalue weighted by molar-refractivity contribution is -0.115. The molecule has 1 N–H and O–H groups in total. The number of thioether (sulfide) groups is 2. The molecule has 2 rings (SSSR count). The maximum Gasteiger partial charge on any atom is 0.225 e. The van der Waals surface area contributed by atoms with Crippen molar-refractivity contribution in [2.75, 3.05) is 17.3 Å². The van der Waals surface area contributed by atoms with Gasteiger partial charge in [-0.3, -0.25) is 4.79 Å². The van der Waals surface area contributed by atoms with E-state index < -0.39 is 0 Å². The van der Waals surface area contributed by atoms with Crippen LogP contribution in [0.5, 0.6) is 0 Å². The molecule has 0 radical (unpaired) electrons. The Balaban J connectivity index is 1.73. The Labute approximate surface area is 138 Å². The Kier molecular flexibility index (Phi) is 6.34. The smallest absolute Gasteiger partial charge is 0.225 e. The first-order chi connectivity index (χ1) is 9.67. The first-order valence-corrected chi connectivity index (χ1v) is 9.51. The highest BCUT2D eigenvalue weighted by Gasteiger charge is 2.06. The highest BCUT2D eigenvalue weighted by Crippen LogP contribution is 2.24. The molecule has 0 spiro atoms. The van der Waals surface area contributed by atoms with E-state index in [-0.39, 0.29) is 5.91 Å². The third-order valence-electron chi connectivity index (χ3n) is 2.25. The lowest BCUT2D eigenvalue weighted by atomic mass is 10.3. The summed E-state index contributed by atoms with van der Waals surface area (Å²) >= 11 is 7.82. The van der Waals surface area contributed by atoms with Gasteiger partial charge in [-0.2, -0.15) is 4.37 Å². The van der Waals surface area contributed by atoms with Gasteiger partial charge in [0.15, 0.2) is 4.34 Å². The number of aromatic nitrogens is 2. The summed E-state index contributed by atoms with van der Waals surface area (Å²) < 4.78 is 6.08. The molecule has 2 aromatic rings. The molecule has 1 aromatic carbocycles. The number of rotatable bonds is 6. The van der Waals surface area contributed by atoms with Crippen molar-refractivity contribution in [2.24, 2.45) is 0 Å². The predicted molar refractivity (Wildman–Crippen MR) is 89.8 cm³/mol. The zero-order valence-electron chi connectivity index (χ0n) is 10.6. The predicted octanol–water partition coefficient (Wildman–Crippen LogP) is 4.14. The molecular formula is C12H12BrN3OS3. The van der Waals surface area contributed by atoms with Gasteiger partial charge in [0.05, 0.1) is 0 Å². The number of carbonyl (C=O) groups excluding carboxylic acids is 1. The number of halogens is 1. The van der Waals surface area contributed by atoms with Crippen molar-refractivity contribution in [1.29, 1.82) is 0 Å². The Morgan fingerprint density at radius 2 is 2.15 bits per heavy atom. The molecule has 0 aliphatic heterocycles. The van der Waals surface area contributed by atoms with E-state index in [1.807, 2.05) is 30.5 Å². The van der Waals surface area contributed by atoms with E-state index in [4.69, 9.17) is 0 Å². The molecule has 4 nitrogen and oxygen atoms in total. The second kappa shape index (κ2) is 8.02. The largest absolute Gasteiger partial charge is 0.326 e. The molecule has 20 heavy (non-hydrogen) atoms. The lowest BCUT2D eigenvalue weighted by Gasteiger charge is -2.04. The zero-order valence-corrected chi connectivity index (χ0v) is 14.7. The molecule has 0 aliphatic carbocycles. The maximum absolute atomic E-state index is 11.8. The topological polar surface area (TPSA) is 54.9 Å². The Hall–Kier alpha value is -0.570. The van der Waals surface area contributed by atoms with Crippen molar-refractivity contribution in [2.45, 2.75) is 15.9 Å². The SMILES string of the molecule is CSc1nsc(SCCC(=O)Nc2ccc(Br)cc2)n1. The number of benzene rings is 1. The number of nitrogens with zero attached hydrogens (tertiary/aromatic N) is 2. The number of hydrogen-bond donors (Lipinski definition) is 1. The van der Waals surface area contributed by atoms with Gasteiger partial charge in [0.1, 0.15) is 0 Å². The van der Waals surface area contributed by atoms with E-state index in [1.54, 1.807) is 11.8 Å². The van der Waals surface area contributed by atoms with Gasteiger partial charge in [-0.1, -0.05) is 39.5 Å². The first kappa shape index (κ1) is 15.8. The quantitative estimate of drug-likeness (QED) is 0.752. The highest BCUT2D eigenvalue weighted by molar-refractivity contribution is 9.10. The average molecular weight is 390 g/mol. The van der Waals surface area contributed by atoms with Gasteiger partial charge in [-0.25, -0.2) is 4.98 Å². The number of anilines is 1. The summed E-state index contributed by atoms with van der Waals surface area (Å²) in [5, 5.41) is 3.65. The summed E-state index contributed by atoms with van der Waals surface area (Å²) in [6.07, 6.45) is 2.40. The monoisotopic (exact) mass is 389 g/mol. The van der Waals surface area contributed by atoms with Crippen LogP contribution in [0.1, 0.15) is 6.42 Å². The van der Waals surface area contributed by atoms with Gasteiger partial charge >= 0.3 is 0 Å². The van der Waals surface area contributed by atoms with Crippen LogP contribution in [0.25, 0.3) is 0 Å². The van der Waals surface area contributed by atoms with Crippen LogP contribution in [-0.2, 0) is 4.79 Å². The summed E-state index contributed by atoms with van der Waals surface area (Å²) in [5.41, 5.74) is 0.809. The second-order valence-electron chi connectivity index (χ2n) is 3.70. The van der Waals surface area contributed by atoms with Crippen molar-refractivity contribution in [1.82, 2.24) is 9.36 Å². The molecule has 1 aromatic heterocycles. The Morgan fingerprint density at radius 3 is 2.80 bits per heavy atom. The Bertz CT molecular complexity index is 574. The fourth-order valence-electron chi connectivity index (χ4n) is 1.33. The molecule has 0 bridgehead atoms. The molecule has 0 saturated heterocycles. The van der Waals surface area contributed by atoms with Crippen LogP contribution in [0.2, 0.25) is 0 Å². The highest BCUT2D eigenvalue weighted by atomic mass is 79.9. The summed E-state index contributed by atoms with van der Waals surface area (Å²) in [6, 6.07) is 7.53. The minimum Gasteiger partial charge on any atom is -0.326 e. The fraction of sp³-hybridized carbons (Fsp3) is 0.250. The summed E-state index contributed by atoms with van der Waals surface area (Å²) in [4.78, 5) is 16.1. The Morgan fingerprint density at radius 1 is 1.40 bits per heavy atom. The molecule has 0 atom stereocenters. The fourth-order valence-corrected chi connectivity index (χ4v) is 3.81. The van der Waals surface area contributed by atoms with Gasteiger partial charge in [-0.15, -0.1) is 0 Å². The standard InChI is InChI=1S/C12H12BrN3OS3/c1-18-11-15-12(20-16-11)19-7-6-10(17)14-9-4-2-8(13)3-5-9/h2-5H,6-7H2,1H3,(H,14,17). The number of hydrogen-bond acceptors (Lipinski definition) is 6. The molecule has 1 heterocycles. The molecule has 1 amide bonds. The van der Waals surface area contributed by atoms with Gasteiger partial charge < -0.3 is 5.32 Å². The van der Waals surface area contributed by atoms with E-state index in [0.29, 0.717) is 12.2 Å². The zero-order chi connectivity index (χ0) is 14.4. The van der Waals surface area contributed by atoms with Gasteiger partial charge in [0.25, 0.3) is 0 Å². The normalized spacial score (nSPS) is 10.5. The van der Waals surface area contributed by atoms with Crippen LogP contribution in [0, 0.1) is 0 Å². The maximum atomic E-state index is 11.8. The van der Waals surface area contributed by atoms with Gasteiger partial charge in [0.2, 0.25) is 11.1 Å². The third kappa shape index (κ3) is 5.08. The minimum absolute atomic E-state index is 0.00873. The summed E-state index contributed by atoms with van der Waals surface area (Å²) in [7, 11) is 0. The van der Waals surface area contributed by atoms with Crippen LogP contribution >= 0.6 is 51.0 Å². The van der Waals surface area contributed by atoms with Crippen LogP contribution in [0.15, 0.2) is 38.2 Å². The van der Waals surface area contributed by atoms with Crippen LogP contribution < -0.4 is 5.32 Å². The molecule has 106 valence electrons. The lowest BCUT2D eigenvalue weighted by Crippen LogP contribution is -2.11. The van der Waals surface area contributed by atoms with E-state index in [2.05, 4.69) is 30.6 Å². The third-order valence-corrected chi connectivity index (χ3v) is 5.28. The van der Waals surface area contributed by atoms with Crippen molar-refractivity contribution < 1.29 is 4.79 Å². The molecule has 0 unspecified atom stereocenters. The average Bonchev–Trinajstić information content (AvgIpc) is 2.89. The molecule has 0 aliphatic rings. The number of amides is 1. The molecular weight excluding hydrogens is 378 g/mol. The van der Waals surface area contributed by atoms with Crippen LogP contribution in [-0.4, -0.2) is 27.3 Å². The van der Waals surface area contributed by atoms with Crippen molar-refractivity contribution >= 4 is 62.6 Å². The van der Waals surface area contributed by atoms with E-state index in [1.165, 1.54) is 23.3 Å². The second-order valence-corrected chi connectivity index (χ2v) is 7.48. The number of carbonyl (C=O) groups is 1. The van der Waals surface area contributed by atoms with Crippen molar-refractivity contribution in [3.05, 3.63) is 28.7 Å². The summed E-state index contributed by atoms with van der Waals surface area (Å²) in [6.45, 7) is 0. The minimum atomic E-state index is 0.00873. The van der Waals surface area contributed by atoms with Crippen molar-refractivity contribution in [3.8, 4) is 0 Å². The van der Waals surface area contributed by atoms with Crippen LogP contribution in [0.4, 0.5) is 5.69 Å². The van der Waals surface area contributed by atoms with E-state index in [0.717, 1.165) is 19.7 Å². The van der Waals surface area contributed by atoms with Crippen LogP contribution in [0.3, 0.4) is 0 Å². The molecule has 0 saturated carbocycles. The van der Waals surface area contributed by atoms with E-state index >= 15 is 0 Å². The molecule has 0 fully saturated rings. The van der Waals surface area contributed by atoms with Crippen molar-refractivity contribution in [3.63, 3.8) is 0 Å². The molecule has 8 heteroatoms. The van der Waals surface area contributed by atoms with Gasteiger partial charge in [0, 0.05) is 22.3 Å². The number of nitrogens with one attached hydrogen (secondary N) is 1.